The van der Waals surface area contributed by atoms with Gasteiger partial charge in [-0.25, -0.2) is 0 Å². The predicted octanol–water partition coefficient (Wildman–Crippen LogP) is 4.42. The van der Waals surface area contributed by atoms with Gasteiger partial charge < -0.3 is 5.32 Å². The number of carbonyl (C=O) groups is 1. The lowest BCUT2D eigenvalue weighted by Gasteiger charge is -2.08. The fourth-order valence-corrected chi connectivity index (χ4v) is 3.74. The van der Waals surface area contributed by atoms with Crippen LogP contribution in [0.4, 0.5) is 5.69 Å². The molecule has 0 saturated heterocycles. The van der Waals surface area contributed by atoms with Gasteiger partial charge in [-0.1, -0.05) is 58.3 Å². The van der Waals surface area contributed by atoms with Crippen LogP contribution < -0.4 is 5.32 Å². The third kappa shape index (κ3) is 4.46. The molecule has 0 atom stereocenters. The largest absolute Gasteiger partial charge is 0.324 e. The van der Waals surface area contributed by atoms with Crippen molar-refractivity contribution in [3.05, 3.63) is 27.2 Å². The van der Waals surface area contributed by atoms with Gasteiger partial charge in [-0.2, -0.15) is 0 Å². The quantitative estimate of drug-likeness (QED) is 0.816. The van der Waals surface area contributed by atoms with Crippen LogP contribution in [0.2, 0.25) is 15.1 Å². The third-order valence-corrected chi connectivity index (χ3v) is 5.46. The van der Waals surface area contributed by atoms with Crippen molar-refractivity contribution < 1.29 is 4.79 Å². The Labute approximate surface area is 134 Å². The molecule has 0 saturated carbocycles. The Morgan fingerprint density at radius 1 is 1.32 bits per heavy atom. The molecule has 8 heteroatoms. The van der Waals surface area contributed by atoms with Gasteiger partial charge in [0.05, 0.1) is 33.1 Å². The molecule has 0 radical (unpaired) electrons. The van der Waals surface area contributed by atoms with E-state index in [9.17, 15) is 4.79 Å². The normalized spacial score (nSPS) is 14.4. The maximum Gasteiger partial charge on any atom is 0.234 e. The molecule has 0 fully saturated rings. The van der Waals surface area contributed by atoms with Crippen molar-refractivity contribution in [2.75, 3.05) is 23.4 Å². The molecule has 1 aliphatic heterocycles. The molecule has 0 bridgehead atoms. The van der Waals surface area contributed by atoms with E-state index < -0.39 is 0 Å². The lowest BCUT2D eigenvalue weighted by Crippen LogP contribution is -2.15. The zero-order valence-electron chi connectivity index (χ0n) is 9.58. The molecule has 0 aromatic heterocycles. The Hall–Kier alpha value is -0.0700. The summed E-state index contributed by atoms with van der Waals surface area (Å²) < 4.78 is 0.954. The number of amides is 1. The van der Waals surface area contributed by atoms with Gasteiger partial charge in [-0.05, 0) is 12.1 Å². The number of benzene rings is 1. The number of anilines is 1. The number of halogens is 3. The van der Waals surface area contributed by atoms with Crippen molar-refractivity contribution >= 4 is 74.3 Å². The van der Waals surface area contributed by atoms with Gasteiger partial charge >= 0.3 is 0 Å². The zero-order valence-corrected chi connectivity index (χ0v) is 13.5. The minimum absolute atomic E-state index is 0.152. The first-order chi connectivity index (χ1) is 9.06. The Morgan fingerprint density at radius 3 is 2.74 bits per heavy atom. The van der Waals surface area contributed by atoms with E-state index in [2.05, 4.69) is 10.3 Å². The smallest absolute Gasteiger partial charge is 0.234 e. The predicted molar refractivity (Wildman–Crippen MR) is 87.3 cm³/mol. The molecule has 0 aliphatic carbocycles. The second kappa shape index (κ2) is 7.09. The molecule has 0 spiro atoms. The van der Waals surface area contributed by atoms with Gasteiger partial charge in [-0.15, -0.1) is 0 Å². The highest BCUT2D eigenvalue weighted by Crippen LogP contribution is 2.32. The summed E-state index contributed by atoms with van der Waals surface area (Å²) in [6.45, 7) is 0.827. The summed E-state index contributed by atoms with van der Waals surface area (Å²) in [5.41, 5.74) is 0.461. The second-order valence-corrected chi connectivity index (χ2v) is 7.11. The van der Waals surface area contributed by atoms with Gasteiger partial charge in [0.2, 0.25) is 5.91 Å². The van der Waals surface area contributed by atoms with Crippen LogP contribution in [0.15, 0.2) is 17.1 Å². The number of nitrogens with zero attached hydrogens (tertiary/aromatic N) is 1. The number of carbonyl (C=O) groups excluding carboxylic acids is 1. The van der Waals surface area contributed by atoms with Crippen molar-refractivity contribution in [1.29, 1.82) is 0 Å². The lowest BCUT2D eigenvalue weighted by molar-refractivity contribution is -0.113. The highest BCUT2D eigenvalue weighted by molar-refractivity contribution is 8.39. The lowest BCUT2D eigenvalue weighted by atomic mass is 10.3. The van der Waals surface area contributed by atoms with E-state index in [4.69, 9.17) is 34.8 Å². The van der Waals surface area contributed by atoms with Crippen LogP contribution in [-0.2, 0) is 4.79 Å². The maximum absolute atomic E-state index is 11.8. The molecule has 2 rings (SSSR count). The topological polar surface area (TPSA) is 41.5 Å². The average Bonchev–Trinajstić information content (AvgIpc) is 2.86. The van der Waals surface area contributed by atoms with Crippen LogP contribution in [-0.4, -0.2) is 28.3 Å². The van der Waals surface area contributed by atoms with E-state index in [1.165, 1.54) is 23.9 Å². The number of hydrogen-bond acceptors (Lipinski definition) is 4. The first kappa shape index (κ1) is 15.3. The monoisotopic (exact) mass is 354 g/mol. The van der Waals surface area contributed by atoms with Gasteiger partial charge in [0.25, 0.3) is 0 Å². The zero-order chi connectivity index (χ0) is 13.8. The minimum Gasteiger partial charge on any atom is -0.324 e. The summed E-state index contributed by atoms with van der Waals surface area (Å²) in [5.74, 6) is 1.13. The van der Waals surface area contributed by atoms with Crippen LogP contribution in [0.25, 0.3) is 0 Å². The number of thioether (sulfide) groups is 2. The first-order valence-electron chi connectivity index (χ1n) is 5.30. The summed E-state index contributed by atoms with van der Waals surface area (Å²) in [6, 6.07) is 3.04. The second-order valence-electron chi connectivity index (χ2n) is 3.58. The molecule has 1 N–H and O–H groups in total. The van der Waals surface area contributed by atoms with Crippen LogP contribution >= 0.6 is 58.3 Å². The van der Waals surface area contributed by atoms with E-state index in [1.54, 1.807) is 11.8 Å². The van der Waals surface area contributed by atoms with E-state index in [0.29, 0.717) is 26.5 Å². The number of aliphatic imine (C=N–C) groups is 1. The summed E-state index contributed by atoms with van der Waals surface area (Å²) >= 11 is 20.8. The molecule has 1 aromatic carbocycles. The molecular formula is C11H9Cl3N2OS2. The Bertz CT molecular complexity index is 537. The van der Waals surface area contributed by atoms with Crippen molar-refractivity contribution in [1.82, 2.24) is 0 Å². The first-order valence-corrected chi connectivity index (χ1v) is 8.41. The minimum atomic E-state index is -0.152. The van der Waals surface area contributed by atoms with Gasteiger partial charge in [-0.3, -0.25) is 9.79 Å². The van der Waals surface area contributed by atoms with E-state index in [-0.39, 0.29) is 5.91 Å². The fraction of sp³-hybridized carbons (Fsp3) is 0.273. The molecule has 3 nitrogen and oxygen atoms in total. The Morgan fingerprint density at radius 2 is 2.05 bits per heavy atom. The summed E-state index contributed by atoms with van der Waals surface area (Å²) in [7, 11) is 0. The summed E-state index contributed by atoms with van der Waals surface area (Å²) in [6.07, 6.45) is 0. The van der Waals surface area contributed by atoms with Gasteiger partial charge in [0, 0.05) is 5.75 Å². The summed E-state index contributed by atoms with van der Waals surface area (Å²) in [5, 5.41) is 3.77. The number of rotatable bonds is 3. The van der Waals surface area contributed by atoms with E-state index in [0.717, 1.165) is 16.7 Å². The number of hydrogen-bond donors (Lipinski definition) is 1. The van der Waals surface area contributed by atoms with E-state index in [1.807, 2.05) is 0 Å². The third-order valence-electron chi connectivity index (χ3n) is 2.17. The Kier molecular flexibility index (Phi) is 5.71. The average molecular weight is 356 g/mol. The van der Waals surface area contributed by atoms with Crippen molar-refractivity contribution in [2.24, 2.45) is 4.99 Å². The van der Waals surface area contributed by atoms with Gasteiger partial charge in [0.1, 0.15) is 4.38 Å². The Balaban J connectivity index is 1.93. The maximum atomic E-state index is 11.8. The highest BCUT2D eigenvalue weighted by atomic mass is 35.5. The molecule has 1 amide bonds. The molecule has 1 aromatic rings. The molecule has 1 aliphatic rings. The van der Waals surface area contributed by atoms with Crippen molar-refractivity contribution in [3.63, 3.8) is 0 Å². The van der Waals surface area contributed by atoms with Crippen LogP contribution in [0, 0.1) is 0 Å². The van der Waals surface area contributed by atoms with Crippen molar-refractivity contribution in [3.8, 4) is 0 Å². The van der Waals surface area contributed by atoms with E-state index >= 15 is 0 Å². The fourth-order valence-electron chi connectivity index (χ4n) is 1.33. The van der Waals surface area contributed by atoms with Crippen LogP contribution in [0.5, 0.6) is 0 Å². The highest BCUT2D eigenvalue weighted by Gasteiger charge is 2.12. The molecule has 19 heavy (non-hydrogen) atoms. The standard InChI is InChI=1S/C11H9Cl3N2OS2/c12-6-3-8(14)9(4-7(6)13)16-10(17)5-19-11-15-1-2-18-11/h3-4H,1-2,5H2,(H,16,17). The van der Waals surface area contributed by atoms with Crippen LogP contribution in [0.1, 0.15) is 0 Å². The molecule has 1 heterocycles. The molecule has 102 valence electrons. The SMILES string of the molecule is O=C(CSC1=NCCS1)Nc1cc(Cl)c(Cl)cc1Cl. The van der Waals surface area contributed by atoms with Gasteiger partial charge in [0.15, 0.2) is 0 Å². The molecular weight excluding hydrogens is 347 g/mol. The number of nitrogens with one attached hydrogen (secondary N) is 1. The van der Waals surface area contributed by atoms with Crippen LogP contribution in [0.3, 0.4) is 0 Å². The molecule has 0 unspecified atom stereocenters. The summed E-state index contributed by atoms with van der Waals surface area (Å²) in [4.78, 5) is 16.0. The van der Waals surface area contributed by atoms with Crippen molar-refractivity contribution in [2.45, 2.75) is 0 Å².